The van der Waals surface area contributed by atoms with Gasteiger partial charge in [0, 0.05) is 55.4 Å². The molecule has 2 heterocycles. The molecule has 2 aromatic heterocycles. The third-order valence-corrected chi connectivity index (χ3v) is 8.56. The van der Waals surface area contributed by atoms with Gasteiger partial charge in [0.2, 0.25) is 0 Å². The van der Waals surface area contributed by atoms with Crippen LogP contribution < -0.4 is 18.9 Å². The average molecular weight is 633 g/mol. The number of Topliss-reactive ketones (excluding diaryl/α,β-unsaturated/α-hetero) is 1. The average Bonchev–Trinajstić information content (AvgIpc) is 3.59. The Labute approximate surface area is 254 Å². The number of carboxylic acids is 1. The van der Waals surface area contributed by atoms with Crippen molar-refractivity contribution in [3.63, 3.8) is 0 Å². The van der Waals surface area contributed by atoms with Crippen molar-refractivity contribution in [3.8, 4) is 23.0 Å². The van der Waals surface area contributed by atoms with Crippen molar-refractivity contribution in [1.82, 2.24) is 0 Å². The maximum atomic E-state index is 15.5. The Hall–Kier alpha value is -4.03. The molecule has 0 aliphatic heterocycles. The minimum Gasteiger partial charge on any atom is -0.493 e. The fourth-order valence-electron chi connectivity index (χ4n) is 4.24. The van der Waals surface area contributed by atoms with E-state index in [1.807, 2.05) is 0 Å². The summed E-state index contributed by atoms with van der Waals surface area (Å²) < 4.78 is 54.1. The minimum atomic E-state index is -0.963. The first-order valence-corrected chi connectivity index (χ1v) is 14.8. The first-order valence-electron chi connectivity index (χ1n) is 13.2. The number of carboxylic acid groups (broad SMARTS) is 1. The molecular formula is C31H30F2O8S2. The van der Waals surface area contributed by atoms with Crippen molar-refractivity contribution in [2.45, 2.75) is 33.1 Å². The molecule has 4 aromatic rings. The highest BCUT2D eigenvalue weighted by molar-refractivity contribution is 7.21. The molecule has 0 amide bonds. The zero-order chi connectivity index (χ0) is 31.3. The zero-order valence-electron chi connectivity index (χ0n) is 24.0. The molecule has 0 aliphatic rings. The lowest BCUT2D eigenvalue weighted by atomic mass is 9.89. The van der Waals surface area contributed by atoms with E-state index in [0.29, 0.717) is 24.5 Å². The molecule has 0 saturated carbocycles. The van der Waals surface area contributed by atoms with E-state index >= 15 is 8.78 Å². The lowest BCUT2D eigenvalue weighted by molar-refractivity contribution is -0.136. The SMILES string of the molecule is COc1cc2sc(/C=C/CC(=O)O)cc2c(F)c1OCCCOc1c(OC)cc2sc(C(=O)CC(C)(C)C=O)cc2c1F. The summed E-state index contributed by atoms with van der Waals surface area (Å²) in [6.45, 7) is 3.38. The second-order valence-corrected chi connectivity index (χ2v) is 12.5. The van der Waals surface area contributed by atoms with Crippen molar-refractivity contribution in [2.24, 2.45) is 5.41 Å². The van der Waals surface area contributed by atoms with E-state index in [2.05, 4.69) is 0 Å². The van der Waals surface area contributed by atoms with Gasteiger partial charge in [0.15, 0.2) is 40.4 Å². The van der Waals surface area contributed by atoms with E-state index in [-0.39, 0.29) is 66.6 Å². The summed E-state index contributed by atoms with van der Waals surface area (Å²) in [5.41, 5.74) is -0.828. The highest BCUT2D eigenvalue weighted by atomic mass is 32.1. The maximum Gasteiger partial charge on any atom is 0.307 e. The Balaban J connectivity index is 1.44. The number of hydrogen-bond acceptors (Lipinski definition) is 9. The van der Waals surface area contributed by atoms with Gasteiger partial charge in [-0.05, 0) is 18.2 Å². The van der Waals surface area contributed by atoms with Gasteiger partial charge in [-0.1, -0.05) is 19.9 Å². The number of hydrogen-bond donors (Lipinski definition) is 1. The van der Waals surface area contributed by atoms with Crippen LogP contribution in [0, 0.1) is 17.0 Å². The molecule has 43 heavy (non-hydrogen) atoms. The summed E-state index contributed by atoms with van der Waals surface area (Å²) in [7, 11) is 2.78. The summed E-state index contributed by atoms with van der Waals surface area (Å²) >= 11 is 2.40. The third kappa shape index (κ3) is 7.31. The molecular weight excluding hydrogens is 602 g/mol. The molecule has 0 atom stereocenters. The Kier molecular flexibility index (Phi) is 10.0. The highest BCUT2D eigenvalue weighted by Crippen LogP contribution is 2.42. The molecule has 2 aromatic carbocycles. The van der Waals surface area contributed by atoms with Crippen LogP contribution in [-0.4, -0.2) is 50.6 Å². The zero-order valence-corrected chi connectivity index (χ0v) is 25.6. The van der Waals surface area contributed by atoms with E-state index in [0.717, 1.165) is 17.6 Å². The molecule has 0 unspecified atom stereocenters. The van der Waals surface area contributed by atoms with Gasteiger partial charge in [-0.15, -0.1) is 22.7 Å². The number of aliphatic carboxylic acids is 1. The van der Waals surface area contributed by atoms with E-state index in [1.165, 1.54) is 37.7 Å². The van der Waals surface area contributed by atoms with Crippen LogP contribution in [0.5, 0.6) is 23.0 Å². The molecule has 0 radical (unpaired) electrons. The summed E-state index contributed by atoms with van der Waals surface area (Å²) in [4.78, 5) is 35.7. The maximum absolute atomic E-state index is 15.5. The van der Waals surface area contributed by atoms with Crippen LogP contribution in [0.4, 0.5) is 8.78 Å². The highest BCUT2D eigenvalue weighted by Gasteiger charge is 2.25. The lowest BCUT2D eigenvalue weighted by Gasteiger charge is -2.14. The van der Waals surface area contributed by atoms with Gasteiger partial charge < -0.3 is 28.8 Å². The normalized spacial score (nSPS) is 11.8. The van der Waals surface area contributed by atoms with Gasteiger partial charge in [-0.2, -0.15) is 0 Å². The predicted octanol–water partition coefficient (Wildman–Crippen LogP) is 7.55. The lowest BCUT2D eigenvalue weighted by Crippen LogP contribution is -2.17. The molecule has 1 N–H and O–H groups in total. The van der Waals surface area contributed by atoms with Crippen LogP contribution in [0.3, 0.4) is 0 Å². The standard InChI is InChI=1S/C31H30F2O8S2/c1-31(2,16-34)15-20(35)25-12-19-24(43-25)14-22(39-4)30(28(19)33)41-10-6-9-40-29-21(38-3)13-23-18(27(29)32)11-17(42-23)7-5-8-26(36)37/h5,7,11-14,16H,6,8-10,15H2,1-4H3,(H,36,37)/b7-5+. The fourth-order valence-corrected chi connectivity index (χ4v) is 6.28. The molecule has 8 nitrogen and oxygen atoms in total. The van der Waals surface area contributed by atoms with Crippen molar-refractivity contribution < 1.29 is 47.2 Å². The predicted molar refractivity (Wildman–Crippen MR) is 162 cm³/mol. The smallest absolute Gasteiger partial charge is 0.307 e. The first kappa shape index (κ1) is 31.9. The Morgan fingerprint density at radius 3 is 2.00 bits per heavy atom. The van der Waals surface area contributed by atoms with Gasteiger partial charge in [0.1, 0.15) is 6.29 Å². The van der Waals surface area contributed by atoms with Crippen LogP contribution in [0.15, 0.2) is 30.3 Å². The molecule has 0 bridgehead atoms. The van der Waals surface area contributed by atoms with E-state index in [9.17, 15) is 14.4 Å². The largest absolute Gasteiger partial charge is 0.493 e. The quantitative estimate of drug-likeness (QED) is 0.0814. The van der Waals surface area contributed by atoms with Gasteiger partial charge in [0.25, 0.3) is 0 Å². The molecule has 228 valence electrons. The number of carbonyl (C=O) groups is 3. The number of ketones is 1. The number of methoxy groups -OCH3 is 2. The molecule has 0 aliphatic carbocycles. The summed E-state index contributed by atoms with van der Waals surface area (Å²) in [6.07, 6.45) is 3.96. The van der Waals surface area contributed by atoms with Gasteiger partial charge >= 0.3 is 5.97 Å². The van der Waals surface area contributed by atoms with E-state index < -0.39 is 23.0 Å². The van der Waals surface area contributed by atoms with Crippen LogP contribution in [0.25, 0.3) is 26.2 Å². The van der Waals surface area contributed by atoms with Crippen molar-refractivity contribution >= 4 is 67.0 Å². The Morgan fingerprint density at radius 2 is 1.47 bits per heavy atom. The molecule has 0 saturated heterocycles. The van der Waals surface area contributed by atoms with Crippen LogP contribution in [0.2, 0.25) is 0 Å². The van der Waals surface area contributed by atoms with Crippen molar-refractivity contribution in [2.75, 3.05) is 27.4 Å². The second-order valence-electron chi connectivity index (χ2n) is 10.3. The molecule has 0 spiro atoms. The number of halogens is 2. The number of fused-ring (bicyclic) bond motifs is 2. The van der Waals surface area contributed by atoms with E-state index in [4.69, 9.17) is 24.1 Å². The van der Waals surface area contributed by atoms with Crippen molar-refractivity contribution in [1.29, 1.82) is 0 Å². The number of carbonyl (C=O) groups excluding carboxylic acids is 2. The Bertz CT molecular complexity index is 1700. The van der Waals surface area contributed by atoms with Crippen LogP contribution in [-0.2, 0) is 9.59 Å². The fraction of sp³-hybridized carbons (Fsp3) is 0.323. The van der Waals surface area contributed by atoms with Crippen LogP contribution in [0.1, 0.15) is 47.7 Å². The van der Waals surface area contributed by atoms with Gasteiger partial charge in [0.05, 0.1) is 38.7 Å². The summed E-state index contributed by atoms with van der Waals surface area (Å²) in [5.74, 6) is -2.35. The third-order valence-electron chi connectivity index (χ3n) is 6.39. The number of thiophene rings is 2. The molecule has 12 heteroatoms. The monoisotopic (exact) mass is 632 g/mol. The number of aldehydes is 1. The number of rotatable bonds is 15. The molecule has 4 rings (SSSR count). The second kappa shape index (κ2) is 13.5. The van der Waals surface area contributed by atoms with Gasteiger partial charge in [-0.25, -0.2) is 8.78 Å². The van der Waals surface area contributed by atoms with Crippen molar-refractivity contribution in [3.05, 3.63) is 51.7 Å². The van der Waals surface area contributed by atoms with Gasteiger partial charge in [-0.3, -0.25) is 9.59 Å². The first-order chi connectivity index (χ1) is 20.5. The minimum absolute atomic E-state index is 0.00115. The summed E-state index contributed by atoms with van der Waals surface area (Å²) in [5, 5.41) is 9.33. The topological polar surface area (TPSA) is 108 Å². The molecule has 0 fully saturated rings. The van der Waals surface area contributed by atoms with Crippen LogP contribution >= 0.6 is 22.7 Å². The van der Waals surface area contributed by atoms with E-state index in [1.54, 1.807) is 38.1 Å². The summed E-state index contributed by atoms with van der Waals surface area (Å²) in [6, 6.07) is 6.31. The number of ether oxygens (including phenoxy) is 4. The Morgan fingerprint density at radius 1 is 0.907 bits per heavy atom. The number of benzene rings is 2.